The molecule has 30 heavy (non-hydrogen) atoms. The number of aryl methyl sites for hydroxylation is 3. The molecule has 0 atom stereocenters. The van der Waals surface area contributed by atoms with Gasteiger partial charge in [0.05, 0.1) is 11.4 Å². The second-order valence-corrected chi connectivity index (χ2v) is 7.25. The van der Waals surface area contributed by atoms with Gasteiger partial charge < -0.3 is 5.32 Å². The fourth-order valence-electron chi connectivity index (χ4n) is 3.32. The van der Waals surface area contributed by atoms with Crippen LogP contribution in [0.1, 0.15) is 29.5 Å². The van der Waals surface area contributed by atoms with Gasteiger partial charge in [-0.1, -0.05) is 12.1 Å². The summed E-state index contributed by atoms with van der Waals surface area (Å²) in [6.07, 6.45) is 2.04. The van der Waals surface area contributed by atoms with Crippen molar-refractivity contribution in [2.75, 3.05) is 10.3 Å². The van der Waals surface area contributed by atoms with E-state index in [0.29, 0.717) is 23.5 Å². The number of hydrogen-bond acceptors (Lipinski definition) is 6. The Labute approximate surface area is 173 Å². The SMILES string of the molecule is Cc1ccc(C)c(N2N=C(C(=O)Nc3ccc(-n4cnnn4)c(C)c3)CCC2=O)c1. The number of aromatic nitrogens is 4. The van der Waals surface area contributed by atoms with Crippen molar-refractivity contribution in [3.8, 4) is 5.69 Å². The predicted octanol–water partition coefficient (Wildman–Crippen LogP) is 2.71. The van der Waals surface area contributed by atoms with E-state index >= 15 is 0 Å². The highest BCUT2D eigenvalue weighted by Gasteiger charge is 2.26. The van der Waals surface area contributed by atoms with Gasteiger partial charge in [-0.15, -0.1) is 5.10 Å². The lowest BCUT2D eigenvalue weighted by Crippen LogP contribution is -2.36. The van der Waals surface area contributed by atoms with E-state index in [1.807, 2.05) is 51.1 Å². The molecule has 9 nitrogen and oxygen atoms in total. The first-order valence-corrected chi connectivity index (χ1v) is 9.55. The third-order valence-corrected chi connectivity index (χ3v) is 4.94. The smallest absolute Gasteiger partial charge is 0.271 e. The summed E-state index contributed by atoms with van der Waals surface area (Å²) >= 11 is 0. The van der Waals surface area contributed by atoms with Crippen LogP contribution in [0.3, 0.4) is 0 Å². The second-order valence-electron chi connectivity index (χ2n) is 7.25. The summed E-state index contributed by atoms with van der Waals surface area (Å²) in [4.78, 5) is 25.3. The van der Waals surface area contributed by atoms with Gasteiger partial charge in [0.25, 0.3) is 5.91 Å². The van der Waals surface area contributed by atoms with Gasteiger partial charge >= 0.3 is 0 Å². The molecule has 0 aliphatic carbocycles. The van der Waals surface area contributed by atoms with Crippen molar-refractivity contribution in [2.45, 2.75) is 33.6 Å². The van der Waals surface area contributed by atoms with Crippen LogP contribution in [0.5, 0.6) is 0 Å². The van der Waals surface area contributed by atoms with Crippen LogP contribution >= 0.6 is 0 Å². The Bertz CT molecular complexity index is 1150. The number of tetrazole rings is 1. The summed E-state index contributed by atoms with van der Waals surface area (Å²) in [6, 6.07) is 11.3. The number of carbonyl (C=O) groups excluding carboxylic acids is 2. The van der Waals surface area contributed by atoms with Crippen LogP contribution in [0.4, 0.5) is 11.4 Å². The van der Waals surface area contributed by atoms with Crippen molar-refractivity contribution in [3.05, 3.63) is 59.4 Å². The predicted molar refractivity (Wildman–Crippen MR) is 113 cm³/mol. The summed E-state index contributed by atoms with van der Waals surface area (Å²) in [7, 11) is 0. The zero-order chi connectivity index (χ0) is 21.3. The lowest BCUT2D eigenvalue weighted by molar-refractivity contribution is -0.118. The van der Waals surface area contributed by atoms with E-state index in [1.54, 1.807) is 10.7 Å². The van der Waals surface area contributed by atoms with E-state index < -0.39 is 0 Å². The van der Waals surface area contributed by atoms with E-state index in [4.69, 9.17) is 0 Å². The Morgan fingerprint density at radius 1 is 1.00 bits per heavy atom. The number of nitrogens with zero attached hydrogens (tertiary/aromatic N) is 6. The number of hydrogen-bond donors (Lipinski definition) is 1. The van der Waals surface area contributed by atoms with Crippen LogP contribution in [0, 0.1) is 20.8 Å². The molecule has 9 heteroatoms. The summed E-state index contributed by atoms with van der Waals surface area (Å²) in [5.74, 6) is -0.450. The van der Waals surface area contributed by atoms with Crippen LogP contribution in [0.25, 0.3) is 5.69 Å². The number of benzene rings is 2. The Kier molecular flexibility index (Phi) is 5.09. The quantitative estimate of drug-likeness (QED) is 0.721. The number of hydrazone groups is 1. The molecule has 0 radical (unpaired) electrons. The van der Waals surface area contributed by atoms with Gasteiger partial charge in [0.1, 0.15) is 12.0 Å². The molecule has 152 valence electrons. The van der Waals surface area contributed by atoms with E-state index in [-0.39, 0.29) is 18.2 Å². The van der Waals surface area contributed by atoms with Gasteiger partial charge in [0.15, 0.2) is 0 Å². The van der Waals surface area contributed by atoms with Gasteiger partial charge in [-0.05, 0) is 72.2 Å². The highest BCUT2D eigenvalue weighted by molar-refractivity contribution is 6.44. The molecular formula is C21H21N7O2. The van der Waals surface area contributed by atoms with Crippen molar-refractivity contribution >= 4 is 28.9 Å². The van der Waals surface area contributed by atoms with E-state index in [9.17, 15) is 9.59 Å². The largest absolute Gasteiger partial charge is 0.321 e. The maximum Gasteiger partial charge on any atom is 0.271 e. The second kappa shape index (κ2) is 7.86. The molecule has 0 saturated heterocycles. The van der Waals surface area contributed by atoms with Crippen LogP contribution in [0.15, 0.2) is 47.8 Å². The van der Waals surface area contributed by atoms with Crippen LogP contribution < -0.4 is 10.3 Å². The number of rotatable bonds is 4. The average Bonchev–Trinajstić information content (AvgIpc) is 3.25. The minimum atomic E-state index is -0.327. The van der Waals surface area contributed by atoms with Crippen LogP contribution in [0.2, 0.25) is 0 Å². The third-order valence-electron chi connectivity index (χ3n) is 4.94. The molecule has 0 fully saturated rings. The summed E-state index contributed by atoms with van der Waals surface area (Å²) < 4.78 is 1.56. The van der Waals surface area contributed by atoms with Gasteiger partial charge in [0, 0.05) is 18.5 Å². The first-order chi connectivity index (χ1) is 14.4. The lowest BCUT2D eigenvalue weighted by atomic mass is 10.1. The zero-order valence-electron chi connectivity index (χ0n) is 17.0. The van der Waals surface area contributed by atoms with Crippen molar-refractivity contribution < 1.29 is 9.59 Å². The highest BCUT2D eigenvalue weighted by atomic mass is 16.2. The molecule has 2 heterocycles. The highest BCUT2D eigenvalue weighted by Crippen LogP contribution is 2.26. The third kappa shape index (κ3) is 3.82. The first-order valence-electron chi connectivity index (χ1n) is 9.55. The van der Waals surface area contributed by atoms with Crippen LogP contribution in [-0.2, 0) is 9.59 Å². The number of carbonyl (C=O) groups is 2. The fourth-order valence-corrected chi connectivity index (χ4v) is 3.32. The molecule has 0 bridgehead atoms. The Morgan fingerprint density at radius 3 is 2.57 bits per heavy atom. The van der Waals surface area contributed by atoms with Crippen LogP contribution in [-0.4, -0.2) is 37.7 Å². The molecule has 1 N–H and O–H groups in total. The van der Waals surface area contributed by atoms with Gasteiger partial charge in [-0.25, -0.2) is 9.69 Å². The number of anilines is 2. The van der Waals surface area contributed by atoms with Crippen molar-refractivity contribution in [1.29, 1.82) is 0 Å². The van der Waals surface area contributed by atoms with Gasteiger partial charge in [-0.3, -0.25) is 9.59 Å². The van der Waals surface area contributed by atoms with Crippen molar-refractivity contribution in [1.82, 2.24) is 20.2 Å². The summed E-state index contributed by atoms with van der Waals surface area (Å²) in [5, 5.41) is 19.7. The maximum absolute atomic E-state index is 12.8. The standard InChI is InChI=1S/C21H21N7O2/c1-13-4-5-14(2)19(10-13)28-20(29)9-7-17(24-28)21(30)23-16-6-8-18(15(3)11-16)27-12-22-25-26-27/h4-6,8,10-12H,7,9H2,1-3H3,(H,23,30). The maximum atomic E-state index is 12.8. The summed E-state index contributed by atoms with van der Waals surface area (Å²) in [6.45, 7) is 5.78. The van der Waals surface area contributed by atoms with E-state index in [0.717, 1.165) is 22.4 Å². The summed E-state index contributed by atoms with van der Waals surface area (Å²) in [5.41, 5.74) is 5.32. The Balaban J connectivity index is 1.56. The van der Waals surface area contributed by atoms with Crippen molar-refractivity contribution in [3.63, 3.8) is 0 Å². The number of nitrogens with one attached hydrogen (secondary N) is 1. The average molecular weight is 403 g/mol. The first kappa shape index (κ1) is 19.4. The molecular weight excluding hydrogens is 382 g/mol. The molecule has 4 rings (SSSR count). The molecule has 1 aliphatic heterocycles. The molecule has 0 saturated carbocycles. The van der Waals surface area contributed by atoms with Gasteiger partial charge in [-0.2, -0.15) is 5.10 Å². The molecule has 0 spiro atoms. The molecule has 2 aromatic carbocycles. The fraction of sp³-hybridized carbons (Fsp3) is 0.238. The van der Waals surface area contributed by atoms with E-state index in [2.05, 4.69) is 25.9 Å². The van der Waals surface area contributed by atoms with E-state index in [1.165, 1.54) is 11.3 Å². The van der Waals surface area contributed by atoms with Crippen molar-refractivity contribution in [2.24, 2.45) is 5.10 Å². The minimum absolute atomic E-state index is 0.123. The molecule has 2 amide bonds. The topological polar surface area (TPSA) is 105 Å². The number of amides is 2. The van der Waals surface area contributed by atoms with Gasteiger partial charge in [0.2, 0.25) is 5.91 Å². The minimum Gasteiger partial charge on any atom is -0.321 e. The molecule has 1 aromatic heterocycles. The Morgan fingerprint density at radius 2 is 1.83 bits per heavy atom. The Hall–Kier alpha value is -3.88. The molecule has 3 aromatic rings. The zero-order valence-corrected chi connectivity index (χ0v) is 17.0. The molecule has 0 unspecified atom stereocenters. The molecule has 1 aliphatic rings. The monoisotopic (exact) mass is 403 g/mol. The normalized spacial score (nSPS) is 13.9. The lowest BCUT2D eigenvalue weighted by Gasteiger charge is -2.25.